The maximum atomic E-state index is 5.49. The topological polar surface area (TPSA) is 35.0 Å². The second kappa shape index (κ2) is 10.4. The Balaban J connectivity index is 1.72. The van der Waals surface area contributed by atoms with Crippen LogP contribution in [0, 0.1) is 20.8 Å². The van der Waals surface area contributed by atoms with Crippen molar-refractivity contribution in [3.63, 3.8) is 0 Å². The molecule has 0 bridgehead atoms. The molecule has 0 radical (unpaired) electrons. The summed E-state index contributed by atoms with van der Waals surface area (Å²) in [4.78, 5) is 9.57. The van der Waals surface area contributed by atoms with E-state index in [4.69, 9.17) is 9.72 Å². The van der Waals surface area contributed by atoms with Crippen LogP contribution in [0.2, 0.25) is 0 Å². The number of aryl methyl sites for hydroxylation is 2. The number of hydrogen-bond donors (Lipinski definition) is 0. The molecule has 0 spiro atoms. The monoisotopic (exact) mass is 464 g/mol. The molecule has 1 atom stereocenters. The molecular formula is C32H36N2O. The van der Waals surface area contributed by atoms with Crippen molar-refractivity contribution in [3.8, 4) is 28.0 Å². The van der Waals surface area contributed by atoms with Crippen LogP contribution in [0.1, 0.15) is 66.2 Å². The first-order valence-electron chi connectivity index (χ1n) is 12.5. The Labute approximate surface area is 210 Å². The van der Waals surface area contributed by atoms with Gasteiger partial charge in [0.25, 0.3) is 0 Å². The summed E-state index contributed by atoms with van der Waals surface area (Å²) in [5.74, 6) is 1.53. The van der Waals surface area contributed by atoms with Crippen LogP contribution < -0.4 is 4.74 Å². The van der Waals surface area contributed by atoms with Gasteiger partial charge in [-0.25, -0.2) is 0 Å². The second-order valence-electron chi connectivity index (χ2n) is 9.86. The fourth-order valence-corrected chi connectivity index (χ4v) is 5.22. The highest BCUT2D eigenvalue weighted by Gasteiger charge is 2.19. The summed E-state index contributed by atoms with van der Waals surface area (Å²) in [7, 11) is 1.72. The number of hydrogen-bond acceptors (Lipinski definition) is 3. The standard InChI is InChI=1S/C32H36N2O/c1-20(2)31-28(13-9-15-33-31)27-12-8-11-25(24(27)6)17-23(5)32-29(14-10-16-34-32)30-21(3)18-26(35-7)19-22(30)4/h8-16,18-20,23H,17H2,1-7H3. The van der Waals surface area contributed by atoms with E-state index in [9.17, 15) is 0 Å². The van der Waals surface area contributed by atoms with Crippen molar-refractivity contribution >= 4 is 0 Å². The molecule has 1 unspecified atom stereocenters. The Hall–Kier alpha value is -3.46. The van der Waals surface area contributed by atoms with E-state index in [2.05, 4.69) is 89.0 Å². The molecule has 0 aliphatic carbocycles. The first-order valence-corrected chi connectivity index (χ1v) is 12.5. The van der Waals surface area contributed by atoms with Gasteiger partial charge in [0.05, 0.1) is 18.5 Å². The van der Waals surface area contributed by atoms with Crippen molar-refractivity contribution in [2.45, 2.75) is 59.8 Å². The molecule has 3 heteroatoms. The predicted octanol–water partition coefficient (Wildman–Crippen LogP) is 8.21. The lowest BCUT2D eigenvalue weighted by Crippen LogP contribution is -2.06. The molecule has 3 nitrogen and oxygen atoms in total. The van der Waals surface area contributed by atoms with Crippen LogP contribution in [-0.4, -0.2) is 17.1 Å². The summed E-state index contributed by atoms with van der Waals surface area (Å²) in [5.41, 5.74) is 12.3. The van der Waals surface area contributed by atoms with Gasteiger partial charge in [0, 0.05) is 29.4 Å². The number of benzene rings is 2. The van der Waals surface area contributed by atoms with E-state index >= 15 is 0 Å². The molecule has 2 aromatic carbocycles. The number of aromatic nitrogens is 2. The summed E-state index contributed by atoms with van der Waals surface area (Å²) in [6, 6.07) is 19.4. The Morgan fingerprint density at radius 2 is 1.34 bits per heavy atom. The molecule has 2 heterocycles. The van der Waals surface area contributed by atoms with Gasteiger partial charge in [0.2, 0.25) is 0 Å². The first kappa shape index (κ1) is 24.7. The Kier molecular flexibility index (Phi) is 7.35. The number of methoxy groups -OCH3 is 1. The van der Waals surface area contributed by atoms with Crippen molar-refractivity contribution in [3.05, 3.63) is 101 Å². The Morgan fingerprint density at radius 3 is 1.97 bits per heavy atom. The third kappa shape index (κ3) is 5.00. The molecule has 0 fully saturated rings. The Morgan fingerprint density at radius 1 is 0.743 bits per heavy atom. The van der Waals surface area contributed by atoms with Gasteiger partial charge in [-0.2, -0.15) is 0 Å². The van der Waals surface area contributed by atoms with Gasteiger partial charge in [-0.3, -0.25) is 9.97 Å². The molecular weight excluding hydrogens is 428 g/mol. The van der Waals surface area contributed by atoms with E-state index in [0.717, 1.165) is 23.6 Å². The van der Waals surface area contributed by atoms with Gasteiger partial charge in [-0.05, 0) is 90.8 Å². The molecule has 2 aromatic heterocycles. The molecule has 0 aliphatic heterocycles. The lowest BCUT2D eigenvalue weighted by atomic mass is 9.86. The van der Waals surface area contributed by atoms with Gasteiger partial charge >= 0.3 is 0 Å². The van der Waals surface area contributed by atoms with Gasteiger partial charge in [0.15, 0.2) is 0 Å². The minimum Gasteiger partial charge on any atom is -0.497 e. The fraction of sp³-hybridized carbons (Fsp3) is 0.312. The molecule has 4 aromatic rings. The van der Waals surface area contributed by atoms with Crippen molar-refractivity contribution in [2.24, 2.45) is 0 Å². The van der Waals surface area contributed by atoms with Crippen LogP contribution in [0.15, 0.2) is 67.0 Å². The molecule has 4 rings (SSSR count). The largest absolute Gasteiger partial charge is 0.497 e. The molecule has 0 amide bonds. The minimum absolute atomic E-state index is 0.263. The average Bonchev–Trinajstić information content (AvgIpc) is 2.85. The number of pyridine rings is 2. The van der Waals surface area contributed by atoms with Crippen LogP contribution in [0.3, 0.4) is 0 Å². The van der Waals surface area contributed by atoms with Crippen molar-refractivity contribution in [1.82, 2.24) is 9.97 Å². The molecule has 180 valence electrons. The minimum atomic E-state index is 0.263. The van der Waals surface area contributed by atoms with Crippen LogP contribution in [0.4, 0.5) is 0 Å². The highest BCUT2D eigenvalue weighted by Crippen LogP contribution is 2.37. The predicted molar refractivity (Wildman–Crippen MR) is 146 cm³/mol. The molecule has 35 heavy (non-hydrogen) atoms. The van der Waals surface area contributed by atoms with Crippen LogP contribution in [-0.2, 0) is 6.42 Å². The van der Waals surface area contributed by atoms with E-state index in [1.807, 2.05) is 24.5 Å². The maximum Gasteiger partial charge on any atom is 0.119 e. The number of ether oxygens (including phenoxy) is 1. The lowest BCUT2D eigenvalue weighted by Gasteiger charge is -2.21. The normalized spacial score (nSPS) is 12.1. The van der Waals surface area contributed by atoms with E-state index in [0.29, 0.717) is 5.92 Å². The van der Waals surface area contributed by atoms with Crippen molar-refractivity contribution in [1.29, 1.82) is 0 Å². The lowest BCUT2D eigenvalue weighted by molar-refractivity contribution is 0.414. The highest BCUT2D eigenvalue weighted by molar-refractivity contribution is 5.74. The maximum absolute atomic E-state index is 5.49. The van der Waals surface area contributed by atoms with Gasteiger partial charge in [0.1, 0.15) is 5.75 Å². The molecule has 0 saturated carbocycles. The average molecular weight is 465 g/mol. The van der Waals surface area contributed by atoms with Crippen LogP contribution >= 0.6 is 0 Å². The van der Waals surface area contributed by atoms with Gasteiger partial charge < -0.3 is 4.74 Å². The summed E-state index contributed by atoms with van der Waals surface area (Å²) in [6.07, 6.45) is 4.73. The fourth-order valence-electron chi connectivity index (χ4n) is 5.22. The second-order valence-corrected chi connectivity index (χ2v) is 9.86. The van der Waals surface area contributed by atoms with E-state index in [-0.39, 0.29) is 5.92 Å². The zero-order chi connectivity index (χ0) is 25.1. The van der Waals surface area contributed by atoms with Crippen molar-refractivity contribution in [2.75, 3.05) is 7.11 Å². The van der Waals surface area contributed by atoms with E-state index < -0.39 is 0 Å². The summed E-state index contributed by atoms with van der Waals surface area (Å²) in [5, 5.41) is 0. The summed E-state index contributed by atoms with van der Waals surface area (Å²) >= 11 is 0. The molecule has 0 aliphatic rings. The molecule has 0 saturated heterocycles. The zero-order valence-electron chi connectivity index (χ0n) is 22.0. The Bertz CT molecular complexity index is 1320. The number of nitrogens with zero attached hydrogens (tertiary/aromatic N) is 2. The van der Waals surface area contributed by atoms with Gasteiger partial charge in [-0.15, -0.1) is 0 Å². The highest BCUT2D eigenvalue weighted by atomic mass is 16.5. The smallest absolute Gasteiger partial charge is 0.119 e. The van der Waals surface area contributed by atoms with Gasteiger partial charge in [-0.1, -0.05) is 51.1 Å². The summed E-state index contributed by atoms with van der Waals surface area (Å²) < 4.78 is 5.49. The van der Waals surface area contributed by atoms with Crippen LogP contribution in [0.5, 0.6) is 5.75 Å². The van der Waals surface area contributed by atoms with E-state index in [1.54, 1.807) is 7.11 Å². The third-order valence-corrected chi connectivity index (χ3v) is 6.96. The SMILES string of the molecule is COc1cc(C)c(-c2cccnc2C(C)Cc2cccc(-c3cccnc3C(C)C)c2C)c(C)c1. The first-order chi connectivity index (χ1) is 16.8. The quantitative estimate of drug-likeness (QED) is 0.276. The van der Waals surface area contributed by atoms with Crippen molar-refractivity contribution < 1.29 is 4.74 Å². The third-order valence-electron chi connectivity index (χ3n) is 6.96. The number of rotatable bonds is 7. The van der Waals surface area contributed by atoms with Crippen LogP contribution in [0.25, 0.3) is 22.3 Å². The molecule has 0 N–H and O–H groups in total. The summed E-state index contributed by atoms with van der Waals surface area (Å²) in [6.45, 7) is 13.2. The van der Waals surface area contributed by atoms with E-state index in [1.165, 1.54) is 44.5 Å². The zero-order valence-corrected chi connectivity index (χ0v) is 22.0.